The van der Waals surface area contributed by atoms with E-state index < -0.39 is 28.3 Å². The smallest absolute Gasteiger partial charge is 0.264 e. The summed E-state index contributed by atoms with van der Waals surface area (Å²) in [4.78, 5) is 15.1. The number of nitrogens with one attached hydrogen (secondary N) is 1. The Labute approximate surface area is 205 Å². The first kappa shape index (κ1) is 24.5. The van der Waals surface area contributed by atoms with Gasteiger partial charge in [0.25, 0.3) is 10.0 Å². The van der Waals surface area contributed by atoms with Gasteiger partial charge in [-0.05, 0) is 79.1 Å². The first-order valence-electron chi connectivity index (χ1n) is 11.4. The molecule has 0 saturated carbocycles. The van der Waals surface area contributed by atoms with Crippen molar-refractivity contribution in [2.45, 2.75) is 24.3 Å². The Morgan fingerprint density at radius 3 is 2.20 bits per heavy atom. The van der Waals surface area contributed by atoms with Crippen molar-refractivity contribution >= 4 is 27.3 Å². The highest BCUT2D eigenvalue weighted by Gasteiger charge is 2.27. The molecule has 0 radical (unpaired) electrons. The molecule has 35 heavy (non-hydrogen) atoms. The molecule has 3 aromatic rings. The quantitative estimate of drug-likeness (QED) is 0.484. The molecular weight excluding hydrogens is 469 g/mol. The number of carbonyl (C=O) groups excluding carboxylic acids is 1. The van der Waals surface area contributed by atoms with E-state index >= 15 is 0 Å². The van der Waals surface area contributed by atoms with E-state index in [-0.39, 0.29) is 17.1 Å². The van der Waals surface area contributed by atoms with Crippen LogP contribution in [0.3, 0.4) is 0 Å². The molecule has 0 aromatic heterocycles. The van der Waals surface area contributed by atoms with Crippen molar-refractivity contribution in [2.24, 2.45) is 0 Å². The van der Waals surface area contributed by atoms with Crippen LogP contribution in [0.25, 0.3) is 0 Å². The molecule has 1 aliphatic heterocycles. The summed E-state index contributed by atoms with van der Waals surface area (Å²) in [5.41, 5.74) is 2.26. The maximum Gasteiger partial charge on any atom is 0.264 e. The molecule has 0 atom stereocenters. The van der Waals surface area contributed by atoms with Gasteiger partial charge in [0.2, 0.25) is 5.91 Å². The Kier molecular flexibility index (Phi) is 7.55. The van der Waals surface area contributed by atoms with Crippen molar-refractivity contribution in [3.8, 4) is 5.75 Å². The second-order valence-electron chi connectivity index (χ2n) is 8.30. The molecule has 3 aromatic carbocycles. The first-order chi connectivity index (χ1) is 16.9. The second kappa shape index (κ2) is 10.8. The van der Waals surface area contributed by atoms with Gasteiger partial charge < -0.3 is 15.0 Å². The van der Waals surface area contributed by atoms with E-state index in [1.165, 1.54) is 56.3 Å². The van der Waals surface area contributed by atoms with Crippen LogP contribution in [0.5, 0.6) is 5.75 Å². The number of carbonyl (C=O) groups is 1. The summed E-state index contributed by atoms with van der Waals surface area (Å²) < 4.78 is 46.4. The van der Waals surface area contributed by atoms with Crippen LogP contribution >= 0.6 is 0 Å². The van der Waals surface area contributed by atoms with Crippen LogP contribution in [0.2, 0.25) is 0 Å². The molecule has 0 spiro atoms. The first-order valence-corrected chi connectivity index (χ1v) is 12.8. The van der Waals surface area contributed by atoms with Gasteiger partial charge in [-0.3, -0.25) is 9.10 Å². The van der Waals surface area contributed by atoms with E-state index in [9.17, 15) is 17.6 Å². The van der Waals surface area contributed by atoms with Gasteiger partial charge in [0, 0.05) is 25.3 Å². The number of benzene rings is 3. The molecule has 184 valence electrons. The number of halogens is 1. The van der Waals surface area contributed by atoms with Gasteiger partial charge in [-0.2, -0.15) is 0 Å². The lowest BCUT2D eigenvalue weighted by Crippen LogP contribution is -2.40. The Balaban J connectivity index is 1.48. The number of hydrogen-bond acceptors (Lipinski definition) is 5. The average molecular weight is 498 g/mol. The van der Waals surface area contributed by atoms with Crippen molar-refractivity contribution in [3.05, 3.63) is 84.2 Å². The van der Waals surface area contributed by atoms with Crippen LogP contribution in [-0.2, 0) is 21.4 Å². The molecule has 9 heteroatoms. The Bertz CT molecular complexity index is 1240. The maximum absolute atomic E-state index is 13.5. The van der Waals surface area contributed by atoms with Crippen molar-refractivity contribution in [1.29, 1.82) is 0 Å². The highest BCUT2D eigenvalue weighted by molar-refractivity contribution is 7.92. The normalized spacial score (nSPS) is 13.5. The fraction of sp³-hybridized carbons (Fsp3) is 0.269. The number of hydrogen-bond donors (Lipinski definition) is 1. The van der Waals surface area contributed by atoms with Gasteiger partial charge in [-0.1, -0.05) is 12.1 Å². The third-order valence-electron chi connectivity index (χ3n) is 5.95. The molecule has 1 saturated heterocycles. The summed E-state index contributed by atoms with van der Waals surface area (Å²) in [6, 6.07) is 18.8. The van der Waals surface area contributed by atoms with E-state index in [1.54, 1.807) is 0 Å². The van der Waals surface area contributed by atoms with Crippen LogP contribution in [0.1, 0.15) is 18.4 Å². The highest BCUT2D eigenvalue weighted by Crippen LogP contribution is 2.25. The lowest BCUT2D eigenvalue weighted by molar-refractivity contribution is -0.119. The second-order valence-corrected chi connectivity index (χ2v) is 10.2. The SMILES string of the molecule is COc1ccc(S(=O)(=O)N(CC(=O)NCc2ccc(N3CCCC3)cc2)c2ccc(F)cc2)cc1. The van der Waals surface area contributed by atoms with Crippen molar-refractivity contribution in [3.63, 3.8) is 0 Å². The number of sulfonamides is 1. The van der Waals surface area contributed by atoms with E-state index in [4.69, 9.17) is 4.74 Å². The molecule has 1 heterocycles. The molecule has 0 unspecified atom stereocenters. The summed E-state index contributed by atoms with van der Waals surface area (Å²) in [5.74, 6) is -0.474. The summed E-state index contributed by atoms with van der Waals surface area (Å²) >= 11 is 0. The molecule has 4 rings (SSSR count). The van der Waals surface area contributed by atoms with Crippen molar-refractivity contribution in [2.75, 3.05) is 35.9 Å². The predicted octanol–water partition coefficient (Wildman–Crippen LogP) is 3.95. The van der Waals surface area contributed by atoms with Crippen LogP contribution < -0.4 is 19.3 Å². The minimum atomic E-state index is -4.10. The molecule has 1 amide bonds. The number of amides is 1. The topological polar surface area (TPSA) is 79.0 Å². The number of ether oxygens (including phenoxy) is 1. The minimum Gasteiger partial charge on any atom is -0.497 e. The fourth-order valence-corrected chi connectivity index (χ4v) is 5.41. The zero-order valence-electron chi connectivity index (χ0n) is 19.5. The summed E-state index contributed by atoms with van der Waals surface area (Å²) in [6.07, 6.45) is 2.39. The Morgan fingerprint density at radius 1 is 0.971 bits per heavy atom. The zero-order valence-corrected chi connectivity index (χ0v) is 20.3. The molecule has 0 bridgehead atoms. The summed E-state index contributed by atoms with van der Waals surface area (Å²) in [5, 5.41) is 2.79. The molecule has 1 fully saturated rings. The molecule has 7 nitrogen and oxygen atoms in total. The van der Waals surface area contributed by atoms with Crippen LogP contribution in [0.15, 0.2) is 77.7 Å². The fourth-order valence-electron chi connectivity index (χ4n) is 3.98. The van der Waals surface area contributed by atoms with Gasteiger partial charge in [-0.15, -0.1) is 0 Å². The average Bonchev–Trinajstić information content (AvgIpc) is 3.42. The maximum atomic E-state index is 13.5. The minimum absolute atomic E-state index is 0.00655. The van der Waals surface area contributed by atoms with Gasteiger partial charge in [-0.25, -0.2) is 12.8 Å². The van der Waals surface area contributed by atoms with Gasteiger partial charge >= 0.3 is 0 Å². The lowest BCUT2D eigenvalue weighted by Gasteiger charge is -2.24. The third-order valence-corrected chi connectivity index (χ3v) is 7.73. The van der Waals surface area contributed by atoms with E-state index in [0.29, 0.717) is 5.75 Å². The van der Waals surface area contributed by atoms with E-state index in [0.717, 1.165) is 40.8 Å². The molecule has 1 N–H and O–H groups in total. The Hall–Kier alpha value is -3.59. The van der Waals surface area contributed by atoms with Gasteiger partial charge in [0.05, 0.1) is 17.7 Å². The number of nitrogens with zero attached hydrogens (tertiary/aromatic N) is 2. The zero-order chi connectivity index (χ0) is 24.8. The Morgan fingerprint density at radius 2 is 1.60 bits per heavy atom. The predicted molar refractivity (Wildman–Crippen MR) is 134 cm³/mol. The van der Waals surface area contributed by atoms with Crippen molar-refractivity contribution in [1.82, 2.24) is 5.32 Å². The van der Waals surface area contributed by atoms with Gasteiger partial charge in [0.15, 0.2) is 0 Å². The van der Waals surface area contributed by atoms with Crippen LogP contribution in [-0.4, -0.2) is 41.1 Å². The third kappa shape index (κ3) is 5.92. The summed E-state index contributed by atoms with van der Waals surface area (Å²) in [7, 11) is -2.61. The standard InChI is InChI=1S/C26H28FN3O4S/c1-34-24-12-14-25(15-13-24)35(32,33)30(23-10-6-21(27)7-11-23)19-26(31)28-18-20-4-8-22(9-5-20)29-16-2-3-17-29/h4-15H,2-3,16-19H2,1H3,(H,28,31). The van der Waals surface area contributed by atoms with Gasteiger partial charge in [0.1, 0.15) is 18.1 Å². The van der Waals surface area contributed by atoms with Crippen molar-refractivity contribution < 1.29 is 22.3 Å². The lowest BCUT2D eigenvalue weighted by atomic mass is 10.2. The number of rotatable bonds is 9. The number of anilines is 2. The van der Waals surface area contributed by atoms with E-state index in [1.807, 2.05) is 24.3 Å². The number of methoxy groups -OCH3 is 1. The van der Waals surface area contributed by atoms with Crippen LogP contribution in [0, 0.1) is 5.82 Å². The summed E-state index contributed by atoms with van der Waals surface area (Å²) in [6.45, 7) is 1.92. The highest BCUT2D eigenvalue weighted by atomic mass is 32.2. The molecule has 0 aliphatic carbocycles. The van der Waals surface area contributed by atoms with E-state index in [2.05, 4.69) is 10.2 Å². The largest absolute Gasteiger partial charge is 0.497 e. The monoisotopic (exact) mass is 497 g/mol. The molecule has 1 aliphatic rings. The molecular formula is C26H28FN3O4S. The van der Waals surface area contributed by atoms with Crippen LogP contribution in [0.4, 0.5) is 15.8 Å².